The molecule has 4 nitrogen and oxygen atoms in total. The summed E-state index contributed by atoms with van der Waals surface area (Å²) in [5.74, 6) is 0.455. The number of amides is 1. The maximum absolute atomic E-state index is 12.4. The first-order valence-electron chi connectivity index (χ1n) is 8.14. The van der Waals surface area contributed by atoms with Crippen LogP contribution >= 0.6 is 0 Å². The molecule has 20 heavy (non-hydrogen) atoms. The minimum absolute atomic E-state index is 0.153. The molecule has 4 heteroatoms. The molecule has 0 unspecified atom stereocenters. The Hall–Kier alpha value is -0.770. The van der Waals surface area contributed by atoms with Gasteiger partial charge in [0.25, 0.3) is 0 Å². The number of nitrogens with two attached hydrogens (primary N) is 1. The van der Waals surface area contributed by atoms with Crippen molar-refractivity contribution in [2.24, 2.45) is 11.7 Å². The van der Waals surface area contributed by atoms with Crippen molar-refractivity contribution in [1.29, 1.82) is 0 Å². The van der Waals surface area contributed by atoms with Crippen molar-refractivity contribution in [3.8, 4) is 0 Å². The highest BCUT2D eigenvalue weighted by molar-refractivity contribution is 5.68. The molecule has 0 aromatic heterocycles. The number of rotatable bonds is 1. The van der Waals surface area contributed by atoms with Gasteiger partial charge in [-0.25, -0.2) is 4.79 Å². The van der Waals surface area contributed by atoms with Gasteiger partial charge in [0.1, 0.15) is 5.60 Å². The fraction of sp³-hybridized carbons (Fsp3) is 0.938. The lowest BCUT2D eigenvalue weighted by atomic mass is 9.77. The molecule has 1 aliphatic carbocycles. The third-order valence-corrected chi connectivity index (χ3v) is 4.55. The maximum Gasteiger partial charge on any atom is 0.410 e. The van der Waals surface area contributed by atoms with E-state index in [1.165, 1.54) is 19.3 Å². The van der Waals surface area contributed by atoms with Crippen LogP contribution in [0.5, 0.6) is 0 Å². The average molecular weight is 282 g/mol. The molecule has 1 saturated carbocycles. The maximum atomic E-state index is 12.4. The van der Waals surface area contributed by atoms with E-state index in [0.29, 0.717) is 5.92 Å². The number of nitrogens with zero attached hydrogens (tertiary/aromatic N) is 1. The van der Waals surface area contributed by atoms with Crippen molar-refractivity contribution < 1.29 is 9.53 Å². The molecule has 2 fully saturated rings. The molecule has 116 valence electrons. The van der Waals surface area contributed by atoms with Crippen LogP contribution in [0.25, 0.3) is 0 Å². The van der Waals surface area contributed by atoms with Gasteiger partial charge in [0.05, 0.1) is 0 Å². The van der Waals surface area contributed by atoms with E-state index in [2.05, 4.69) is 0 Å². The summed E-state index contributed by atoms with van der Waals surface area (Å²) in [5.41, 5.74) is 5.90. The van der Waals surface area contributed by atoms with Crippen LogP contribution in [0.4, 0.5) is 4.79 Å². The van der Waals surface area contributed by atoms with Crippen molar-refractivity contribution >= 4 is 6.09 Å². The number of hydrogen-bond acceptors (Lipinski definition) is 3. The summed E-state index contributed by atoms with van der Waals surface area (Å²) in [6.07, 6.45) is 7.95. The summed E-state index contributed by atoms with van der Waals surface area (Å²) in [6.45, 7) is 6.60. The molecule has 0 spiro atoms. The topological polar surface area (TPSA) is 55.6 Å². The molecule has 0 radical (unpaired) electrons. The predicted octanol–water partition coefficient (Wildman–Crippen LogP) is 3.29. The number of ether oxygens (including phenoxy) is 1. The summed E-state index contributed by atoms with van der Waals surface area (Å²) in [5, 5.41) is 0. The normalized spacial score (nSPS) is 32.0. The second-order valence-corrected chi connectivity index (χ2v) is 7.35. The molecule has 2 rings (SSSR count). The van der Waals surface area contributed by atoms with Crippen molar-refractivity contribution in [1.82, 2.24) is 4.90 Å². The Bertz CT molecular complexity index is 338. The first-order valence-corrected chi connectivity index (χ1v) is 8.14. The second-order valence-electron chi connectivity index (χ2n) is 7.35. The summed E-state index contributed by atoms with van der Waals surface area (Å²) in [4.78, 5) is 14.4. The Morgan fingerprint density at radius 2 is 1.75 bits per heavy atom. The largest absolute Gasteiger partial charge is 0.444 e. The Kier molecular flexibility index (Phi) is 4.95. The molecular formula is C16H30N2O2. The Morgan fingerprint density at radius 1 is 1.10 bits per heavy atom. The van der Waals surface area contributed by atoms with Crippen LogP contribution in [0.15, 0.2) is 0 Å². The van der Waals surface area contributed by atoms with Gasteiger partial charge in [0.2, 0.25) is 0 Å². The van der Waals surface area contributed by atoms with Gasteiger partial charge >= 0.3 is 6.09 Å². The first kappa shape index (κ1) is 15.6. The molecule has 0 bridgehead atoms. The molecule has 2 aliphatic rings. The number of piperidine rings is 1. The molecule has 1 amide bonds. The van der Waals surface area contributed by atoms with Crippen LogP contribution in [-0.2, 0) is 4.74 Å². The zero-order chi connectivity index (χ0) is 14.8. The van der Waals surface area contributed by atoms with Crippen molar-refractivity contribution in [3.05, 3.63) is 0 Å². The number of carbonyl (C=O) groups is 1. The highest BCUT2D eigenvalue weighted by atomic mass is 16.6. The molecule has 2 N–H and O–H groups in total. The third kappa shape index (κ3) is 3.87. The number of hydrogen-bond donors (Lipinski definition) is 1. The fourth-order valence-corrected chi connectivity index (χ4v) is 3.62. The second kappa shape index (κ2) is 6.33. The fourth-order valence-electron chi connectivity index (χ4n) is 3.62. The van der Waals surface area contributed by atoms with Gasteiger partial charge in [0, 0.05) is 18.6 Å². The van der Waals surface area contributed by atoms with Gasteiger partial charge in [-0.3, -0.25) is 0 Å². The average Bonchev–Trinajstić information content (AvgIpc) is 2.37. The van der Waals surface area contributed by atoms with Crippen LogP contribution in [0.3, 0.4) is 0 Å². The van der Waals surface area contributed by atoms with E-state index in [4.69, 9.17) is 10.5 Å². The summed E-state index contributed by atoms with van der Waals surface area (Å²) in [7, 11) is 0. The van der Waals surface area contributed by atoms with Crippen LogP contribution in [0.2, 0.25) is 0 Å². The lowest BCUT2D eigenvalue weighted by Crippen LogP contribution is -2.53. The summed E-state index contributed by atoms with van der Waals surface area (Å²) >= 11 is 0. The Labute approximate surface area is 123 Å². The van der Waals surface area contributed by atoms with Crippen LogP contribution < -0.4 is 5.73 Å². The van der Waals surface area contributed by atoms with Gasteiger partial charge in [-0.15, -0.1) is 0 Å². The van der Waals surface area contributed by atoms with Crippen molar-refractivity contribution in [2.45, 2.75) is 83.4 Å². The van der Waals surface area contributed by atoms with E-state index in [0.717, 1.165) is 32.2 Å². The van der Waals surface area contributed by atoms with Crippen molar-refractivity contribution in [2.75, 3.05) is 6.54 Å². The van der Waals surface area contributed by atoms with E-state index in [1.54, 1.807) is 0 Å². The van der Waals surface area contributed by atoms with E-state index >= 15 is 0 Å². The third-order valence-electron chi connectivity index (χ3n) is 4.55. The zero-order valence-electron chi connectivity index (χ0n) is 13.2. The van der Waals surface area contributed by atoms with Gasteiger partial charge in [-0.05, 0) is 58.8 Å². The van der Waals surface area contributed by atoms with Crippen molar-refractivity contribution in [3.63, 3.8) is 0 Å². The summed E-state index contributed by atoms with van der Waals surface area (Å²) in [6, 6.07) is 0.533. The van der Waals surface area contributed by atoms with E-state index in [1.807, 2.05) is 25.7 Å². The molecule has 0 aromatic carbocycles. The molecule has 1 saturated heterocycles. The number of carbonyl (C=O) groups excluding carboxylic acids is 1. The van der Waals surface area contributed by atoms with Crippen LogP contribution in [0, 0.1) is 5.92 Å². The predicted molar refractivity (Wildman–Crippen MR) is 80.5 cm³/mol. The van der Waals surface area contributed by atoms with Crippen LogP contribution in [-0.4, -0.2) is 35.2 Å². The van der Waals surface area contributed by atoms with E-state index in [-0.39, 0.29) is 18.2 Å². The lowest BCUT2D eigenvalue weighted by Gasteiger charge is -2.44. The molecule has 1 aliphatic heterocycles. The minimum Gasteiger partial charge on any atom is -0.444 e. The Morgan fingerprint density at radius 3 is 2.40 bits per heavy atom. The lowest BCUT2D eigenvalue weighted by molar-refractivity contribution is -0.00353. The summed E-state index contributed by atoms with van der Waals surface area (Å²) < 4.78 is 5.58. The highest BCUT2D eigenvalue weighted by Gasteiger charge is 2.38. The van der Waals surface area contributed by atoms with Gasteiger partial charge in [0.15, 0.2) is 0 Å². The van der Waals surface area contributed by atoms with Crippen LogP contribution in [0.1, 0.15) is 65.7 Å². The van der Waals surface area contributed by atoms with E-state index < -0.39 is 5.60 Å². The SMILES string of the molecule is CC(C)(C)OC(=O)N1CCCC[C@H]1[C@@H]1CCCC[C@@H]1N. The minimum atomic E-state index is -0.423. The van der Waals surface area contributed by atoms with Gasteiger partial charge in [-0.2, -0.15) is 0 Å². The quantitative estimate of drug-likeness (QED) is 0.803. The standard InChI is InChI=1S/C16H30N2O2/c1-16(2,3)20-15(19)18-11-7-6-10-14(18)12-8-4-5-9-13(12)17/h12-14H,4-11,17H2,1-3H3/t12-,13+,14+/m1/s1. The molecule has 3 atom stereocenters. The molecular weight excluding hydrogens is 252 g/mol. The highest BCUT2D eigenvalue weighted by Crippen LogP contribution is 2.33. The molecule has 0 aromatic rings. The molecule has 1 heterocycles. The zero-order valence-corrected chi connectivity index (χ0v) is 13.2. The van der Waals surface area contributed by atoms with Gasteiger partial charge in [-0.1, -0.05) is 12.8 Å². The Balaban J connectivity index is 2.06. The monoisotopic (exact) mass is 282 g/mol. The van der Waals surface area contributed by atoms with Gasteiger partial charge < -0.3 is 15.4 Å². The van der Waals surface area contributed by atoms with E-state index in [9.17, 15) is 4.79 Å². The smallest absolute Gasteiger partial charge is 0.410 e. The number of likely N-dealkylation sites (tertiary alicyclic amines) is 1. The first-order chi connectivity index (χ1) is 9.38.